The van der Waals surface area contributed by atoms with Crippen molar-refractivity contribution in [3.05, 3.63) is 41.5 Å². The molecule has 1 aromatic rings. The molecule has 0 spiro atoms. The van der Waals surface area contributed by atoms with E-state index in [0.717, 1.165) is 31.6 Å². The highest BCUT2D eigenvalue weighted by Crippen LogP contribution is 2.49. The van der Waals surface area contributed by atoms with Crippen LogP contribution in [0.1, 0.15) is 32.8 Å². The van der Waals surface area contributed by atoms with E-state index in [1.807, 2.05) is 20.8 Å². The van der Waals surface area contributed by atoms with Gasteiger partial charge in [0, 0.05) is 24.6 Å². The minimum absolute atomic E-state index is 0.000764. The summed E-state index contributed by atoms with van der Waals surface area (Å²) >= 11 is 0. The summed E-state index contributed by atoms with van der Waals surface area (Å²) in [4.78, 5) is 13.6. The molecule has 0 amide bonds. The Morgan fingerprint density at radius 1 is 1.27 bits per heavy atom. The van der Waals surface area contributed by atoms with Gasteiger partial charge < -0.3 is 4.74 Å². The van der Waals surface area contributed by atoms with Crippen LogP contribution in [-0.2, 0) is 16.1 Å². The number of hydrogen-bond acceptors (Lipinski definition) is 3. The Morgan fingerprint density at radius 2 is 2.00 bits per heavy atom. The van der Waals surface area contributed by atoms with Crippen molar-refractivity contribution in [1.29, 1.82) is 0 Å². The van der Waals surface area contributed by atoms with Gasteiger partial charge in [-0.1, -0.05) is 30.3 Å². The first-order valence-electron chi connectivity index (χ1n) is 8.17. The van der Waals surface area contributed by atoms with Gasteiger partial charge in [0.15, 0.2) is 0 Å². The second kappa shape index (κ2) is 6.00. The van der Waals surface area contributed by atoms with Crippen LogP contribution in [0, 0.1) is 11.8 Å². The highest BCUT2D eigenvalue weighted by atomic mass is 16.5. The summed E-state index contributed by atoms with van der Waals surface area (Å²) in [5, 5.41) is 0. The molecule has 1 aromatic carbocycles. The van der Waals surface area contributed by atoms with E-state index in [2.05, 4.69) is 41.2 Å². The monoisotopic (exact) mass is 299 g/mol. The summed E-state index contributed by atoms with van der Waals surface area (Å²) in [6.45, 7) is 9.28. The fourth-order valence-electron chi connectivity index (χ4n) is 3.54. The van der Waals surface area contributed by atoms with E-state index in [1.165, 1.54) is 5.56 Å². The number of hydrogen-bond donors (Lipinski definition) is 0. The van der Waals surface area contributed by atoms with Crippen LogP contribution >= 0.6 is 0 Å². The Hall–Kier alpha value is -1.41. The molecule has 1 aliphatic heterocycles. The minimum Gasteiger partial charge on any atom is -0.367 e. The molecule has 118 valence electrons. The van der Waals surface area contributed by atoms with Crippen LogP contribution in [0.15, 0.2) is 35.9 Å². The van der Waals surface area contributed by atoms with Crippen molar-refractivity contribution in [3.63, 3.8) is 0 Å². The summed E-state index contributed by atoms with van der Waals surface area (Å²) in [7, 11) is 0. The highest BCUT2D eigenvalue weighted by molar-refractivity contribution is 5.63. The van der Waals surface area contributed by atoms with E-state index >= 15 is 0 Å². The van der Waals surface area contributed by atoms with Gasteiger partial charge in [-0.15, -0.1) is 0 Å². The van der Waals surface area contributed by atoms with Crippen LogP contribution in [0.5, 0.6) is 0 Å². The lowest BCUT2D eigenvalue weighted by Crippen LogP contribution is -2.24. The fourth-order valence-corrected chi connectivity index (χ4v) is 3.54. The topological polar surface area (TPSA) is 29.5 Å². The summed E-state index contributed by atoms with van der Waals surface area (Å²) in [5.41, 5.74) is 2.00. The number of rotatable bonds is 4. The SMILES string of the molecule is CC(C)(C)O[C@@H]1C(=C=O)[C@H]1C1CCN(Cc2ccccc2)C1. The van der Waals surface area contributed by atoms with Crippen molar-refractivity contribution in [2.24, 2.45) is 11.8 Å². The second-order valence-corrected chi connectivity index (χ2v) is 7.50. The molecule has 1 aliphatic carbocycles. The van der Waals surface area contributed by atoms with E-state index in [1.54, 1.807) is 0 Å². The molecular weight excluding hydrogens is 274 g/mol. The summed E-state index contributed by atoms with van der Waals surface area (Å²) in [6, 6.07) is 10.6. The maximum Gasteiger partial charge on any atom is 0.126 e. The third kappa shape index (κ3) is 3.49. The van der Waals surface area contributed by atoms with Crippen LogP contribution in [-0.4, -0.2) is 35.6 Å². The lowest BCUT2D eigenvalue weighted by molar-refractivity contribution is -0.0212. The third-order valence-electron chi connectivity index (χ3n) is 4.55. The van der Waals surface area contributed by atoms with Gasteiger partial charge in [0.05, 0.1) is 11.7 Å². The van der Waals surface area contributed by atoms with E-state index in [-0.39, 0.29) is 17.6 Å². The summed E-state index contributed by atoms with van der Waals surface area (Å²) in [6.07, 6.45) is 1.14. The Bertz CT molecular complexity index is 569. The molecule has 0 radical (unpaired) electrons. The Morgan fingerprint density at radius 3 is 2.64 bits per heavy atom. The first kappa shape index (κ1) is 15.5. The maximum atomic E-state index is 11.1. The quantitative estimate of drug-likeness (QED) is 0.800. The molecule has 2 fully saturated rings. The van der Waals surface area contributed by atoms with Crippen molar-refractivity contribution in [3.8, 4) is 0 Å². The van der Waals surface area contributed by atoms with Crippen molar-refractivity contribution in [2.45, 2.75) is 45.4 Å². The van der Waals surface area contributed by atoms with Gasteiger partial charge in [0.1, 0.15) is 5.94 Å². The molecule has 3 heteroatoms. The molecule has 2 aliphatic rings. The largest absolute Gasteiger partial charge is 0.367 e. The molecule has 3 rings (SSSR count). The first-order chi connectivity index (χ1) is 10.5. The average Bonchev–Trinajstić information content (AvgIpc) is 2.93. The van der Waals surface area contributed by atoms with Gasteiger partial charge in [-0.2, -0.15) is 0 Å². The van der Waals surface area contributed by atoms with E-state index in [0.29, 0.717) is 5.92 Å². The number of benzene rings is 1. The zero-order chi connectivity index (χ0) is 15.7. The molecule has 1 unspecified atom stereocenters. The van der Waals surface area contributed by atoms with E-state index in [9.17, 15) is 4.79 Å². The van der Waals surface area contributed by atoms with E-state index < -0.39 is 0 Å². The highest BCUT2D eigenvalue weighted by Gasteiger charge is 2.54. The second-order valence-electron chi connectivity index (χ2n) is 7.50. The van der Waals surface area contributed by atoms with Crippen molar-refractivity contribution in [1.82, 2.24) is 4.90 Å². The molecule has 1 saturated heterocycles. The minimum atomic E-state index is -0.205. The van der Waals surface area contributed by atoms with Gasteiger partial charge in [-0.25, -0.2) is 4.79 Å². The molecule has 0 aromatic heterocycles. The lowest BCUT2D eigenvalue weighted by Gasteiger charge is -2.20. The molecule has 22 heavy (non-hydrogen) atoms. The lowest BCUT2D eigenvalue weighted by atomic mass is 10.0. The van der Waals surface area contributed by atoms with Gasteiger partial charge in [-0.3, -0.25) is 4.90 Å². The maximum absolute atomic E-state index is 11.1. The van der Waals surface area contributed by atoms with Crippen LogP contribution in [0.2, 0.25) is 0 Å². The Balaban J connectivity index is 1.58. The molecule has 3 atom stereocenters. The standard InChI is InChI=1S/C19H25NO2/c1-19(2,3)22-18-16(13-21)17(18)15-9-10-20(12-15)11-14-7-5-4-6-8-14/h4-8,15,17-18H,9-12H2,1-3H3/t15?,17-,18-/m1/s1. The number of ether oxygens (including phenoxy) is 1. The predicted molar refractivity (Wildman–Crippen MR) is 87.1 cm³/mol. The Labute approximate surface area is 133 Å². The van der Waals surface area contributed by atoms with Gasteiger partial charge in [0.2, 0.25) is 0 Å². The van der Waals surface area contributed by atoms with Gasteiger partial charge >= 0.3 is 0 Å². The number of nitrogens with zero attached hydrogens (tertiary/aromatic N) is 1. The van der Waals surface area contributed by atoms with Crippen molar-refractivity contribution in [2.75, 3.05) is 13.1 Å². The van der Waals surface area contributed by atoms with Crippen LogP contribution in [0.4, 0.5) is 0 Å². The molecular formula is C19H25NO2. The zero-order valence-electron chi connectivity index (χ0n) is 13.7. The van der Waals surface area contributed by atoms with Gasteiger partial charge in [-0.05, 0) is 45.2 Å². The summed E-state index contributed by atoms with van der Waals surface area (Å²) in [5.74, 6) is 2.95. The van der Waals surface area contributed by atoms with Crippen LogP contribution in [0.3, 0.4) is 0 Å². The molecule has 3 nitrogen and oxygen atoms in total. The predicted octanol–water partition coefficient (Wildman–Crippen LogP) is 3.08. The zero-order valence-corrected chi connectivity index (χ0v) is 13.7. The van der Waals surface area contributed by atoms with Crippen molar-refractivity contribution < 1.29 is 9.53 Å². The molecule has 1 heterocycles. The Kier molecular flexibility index (Phi) is 4.22. The molecule has 0 bridgehead atoms. The summed E-state index contributed by atoms with van der Waals surface area (Å²) < 4.78 is 6.01. The molecule has 1 saturated carbocycles. The molecule has 0 N–H and O–H groups in total. The van der Waals surface area contributed by atoms with Crippen LogP contribution < -0.4 is 0 Å². The number of carbonyl (C=O) groups excluding carboxylic acids is 1. The fraction of sp³-hybridized carbons (Fsp3) is 0.579. The first-order valence-corrected chi connectivity index (χ1v) is 8.17. The third-order valence-corrected chi connectivity index (χ3v) is 4.55. The smallest absolute Gasteiger partial charge is 0.126 e. The van der Waals surface area contributed by atoms with Crippen molar-refractivity contribution >= 4 is 5.94 Å². The van der Waals surface area contributed by atoms with Gasteiger partial charge in [0.25, 0.3) is 0 Å². The average molecular weight is 299 g/mol. The normalized spacial score (nSPS) is 28.7. The number of likely N-dealkylation sites (tertiary alicyclic amines) is 1. The van der Waals surface area contributed by atoms with Crippen LogP contribution in [0.25, 0.3) is 0 Å². The van der Waals surface area contributed by atoms with E-state index in [4.69, 9.17) is 4.74 Å².